The smallest absolute Gasteiger partial charge is 0.231 e. The number of ether oxygens (including phenoxy) is 3. The normalized spacial score (nSPS) is 21.5. The lowest BCUT2D eigenvalue weighted by molar-refractivity contribution is 0.162. The fourth-order valence-electron chi connectivity index (χ4n) is 3.30. The summed E-state index contributed by atoms with van der Waals surface area (Å²) in [5.74, 6) is 3.01. The molecular formula is C16H24N2O3. The predicted octanol–water partition coefficient (Wildman–Crippen LogP) is 1.98. The van der Waals surface area contributed by atoms with Gasteiger partial charge in [0.05, 0.1) is 7.11 Å². The molecule has 3 rings (SSSR count). The van der Waals surface area contributed by atoms with Gasteiger partial charge in [0.15, 0.2) is 11.5 Å². The Morgan fingerprint density at radius 2 is 2.29 bits per heavy atom. The van der Waals surface area contributed by atoms with Gasteiger partial charge >= 0.3 is 0 Å². The molecule has 1 atom stereocenters. The number of nitrogens with zero attached hydrogens (tertiary/aromatic N) is 1. The van der Waals surface area contributed by atoms with Crippen molar-refractivity contribution in [2.24, 2.45) is 11.7 Å². The Labute approximate surface area is 126 Å². The number of piperidine rings is 1. The lowest BCUT2D eigenvalue weighted by Crippen LogP contribution is -2.35. The molecule has 2 aliphatic heterocycles. The van der Waals surface area contributed by atoms with Crippen LogP contribution in [0.25, 0.3) is 0 Å². The molecule has 0 amide bonds. The van der Waals surface area contributed by atoms with E-state index in [2.05, 4.69) is 17.0 Å². The van der Waals surface area contributed by atoms with Crippen LogP contribution in [0.3, 0.4) is 0 Å². The first-order valence-corrected chi connectivity index (χ1v) is 7.69. The Bertz CT molecular complexity index is 491. The number of benzene rings is 1. The fourth-order valence-corrected chi connectivity index (χ4v) is 3.30. The van der Waals surface area contributed by atoms with Crippen molar-refractivity contribution < 1.29 is 14.2 Å². The highest BCUT2D eigenvalue weighted by Gasteiger charge is 2.23. The Morgan fingerprint density at radius 1 is 1.38 bits per heavy atom. The molecule has 21 heavy (non-hydrogen) atoms. The van der Waals surface area contributed by atoms with Crippen LogP contribution in [0, 0.1) is 5.92 Å². The van der Waals surface area contributed by atoms with E-state index >= 15 is 0 Å². The maximum absolute atomic E-state index is 5.69. The monoisotopic (exact) mass is 292 g/mol. The van der Waals surface area contributed by atoms with Gasteiger partial charge in [-0.2, -0.15) is 0 Å². The van der Waals surface area contributed by atoms with Crippen molar-refractivity contribution in [2.75, 3.05) is 33.5 Å². The van der Waals surface area contributed by atoms with Crippen LogP contribution in [0.2, 0.25) is 0 Å². The zero-order valence-electron chi connectivity index (χ0n) is 12.6. The molecule has 1 aromatic carbocycles. The molecule has 116 valence electrons. The van der Waals surface area contributed by atoms with Crippen molar-refractivity contribution in [3.63, 3.8) is 0 Å². The van der Waals surface area contributed by atoms with Crippen molar-refractivity contribution in [3.8, 4) is 17.2 Å². The Balaban J connectivity index is 1.70. The number of rotatable bonds is 5. The van der Waals surface area contributed by atoms with Crippen molar-refractivity contribution in [3.05, 3.63) is 17.7 Å². The van der Waals surface area contributed by atoms with Crippen molar-refractivity contribution in [2.45, 2.75) is 25.8 Å². The van der Waals surface area contributed by atoms with Crippen molar-refractivity contribution >= 4 is 0 Å². The first kappa shape index (κ1) is 14.5. The summed E-state index contributed by atoms with van der Waals surface area (Å²) in [6.45, 7) is 4.27. The molecule has 2 heterocycles. The number of methoxy groups -OCH3 is 1. The number of hydrogen-bond acceptors (Lipinski definition) is 5. The van der Waals surface area contributed by atoms with Gasteiger partial charge in [0, 0.05) is 13.1 Å². The third-order valence-corrected chi connectivity index (χ3v) is 4.30. The Hall–Kier alpha value is -1.46. The standard InChI is InChI=1S/C16H24N2O3/c1-19-14-7-13(8-15-16(14)21-11-20-15)10-18-6-2-3-12(9-18)4-5-17/h7-8,12H,2-6,9-11,17H2,1H3. The minimum Gasteiger partial charge on any atom is -0.493 e. The summed E-state index contributed by atoms with van der Waals surface area (Å²) >= 11 is 0. The average molecular weight is 292 g/mol. The molecule has 0 aliphatic carbocycles. The highest BCUT2D eigenvalue weighted by Crippen LogP contribution is 2.42. The number of fused-ring (bicyclic) bond motifs is 1. The number of nitrogens with two attached hydrogens (primary N) is 1. The van der Waals surface area contributed by atoms with Crippen molar-refractivity contribution in [1.29, 1.82) is 0 Å². The summed E-state index contributed by atoms with van der Waals surface area (Å²) in [4.78, 5) is 2.50. The summed E-state index contributed by atoms with van der Waals surface area (Å²) in [6, 6.07) is 4.12. The zero-order valence-corrected chi connectivity index (χ0v) is 12.6. The molecular weight excluding hydrogens is 268 g/mol. The van der Waals surface area contributed by atoms with Crippen molar-refractivity contribution in [1.82, 2.24) is 4.90 Å². The van der Waals surface area contributed by atoms with E-state index in [-0.39, 0.29) is 6.79 Å². The fraction of sp³-hybridized carbons (Fsp3) is 0.625. The molecule has 1 fully saturated rings. The van der Waals surface area contributed by atoms with E-state index in [1.807, 2.05) is 0 Å². The van der Waals surface area contributed by atoms with Gasteiger partial charge in [0.25, 0.3) is 0 Å². The summed E-state index contributed by atoms with van der Waals surface area (Å²) < 4.78 is 16.3. The second-order valence-corrected chi connectivity index (χ2v) is 5.85. The van der Waals surface area contributed by atoms with Crippen LogP contribution in [0.5, 0.6) is 17.2 Å². The summed E-state index contributed by atoms with van der Waals surface area (Å²) in [5.41, 5.74) is 6.90. The van der Waals surface area contributed by atoms with Gasteiger partial charge in [-0.05, 0) is 56.0 Å². The third kappa shape index (κ3) is 3.24. The van der Waals surface area contributed by atoms with E-state index in [0.29, 0.717) is 0 Å². The van der Waals surface area contributed by atoms with Crippen LogP contribution >= 0.6 is 0 Å². The lowest BCUT2D eigenvalue weighted by Gasteiger charge is -2.32. The molecule has 5 nitrogen and oxygen atoms in total. The van der Waals surface area contributed by atoms with Gasteiger partial charge in [-0.3, -0.25) is 4.90 Å². The summed E-state index contributed by atoms with van der Waals surface area (Å²) in [6.07, 6.45) is 3.69. The van der Waals surface area contributed by atoms with Crippen LogP contribution in [-0.2, 0) is 6.54 Å². The second-order valence-electron chi connectivity index (χ2n) is 5.85. The van der Waals surface area contributed by atoms with Gasteiger partial charge in [-0.15, -0.1) is 0 Å². The van der Waals surface area contributed by atoms with E-state index in [0.717, 1.165) is 55.8 Å². The molecule has 0 radical (unpaired) electrons. The molecule has 1 aromatic rings. The minimum atomic E-state index is 0.275. The molecule has 2 aliphatic rings. The van der Waals surface area contributed by atoms with Gasteiger partial charge in [-0.25, -0.2) is 0 Å². The van der Waals surface area contributed by atoms with Crippen LogP contribution in [0.1, 0.15) is 24.8 Å². The Morgan fingerprint density at radius 3 is 3.10 bits per heavy atom. The second kappa shape index (κ2) is 6.54. The molecule has 0 saturated carbocycles. The lowest BCUT2D eigenvalue weighted by atomic mass is 9.94. The molecule has 1 unspecified atom stereocenters. The topological polar surface area (TPSA) is 57.0 Å². The Kier molecular flexibility index (Phi) is 4.51. The van der Waals surface area contributed by atoms with Gasteiger partial charge in [0.1, 0.15) is 0 Å². The highest BCUT2D eigenvalue weighted by atomic mass is 16.7. The van der Waals surface area contributed by atoms with E-state index < -0.39 is 0 Å². The molecule has 5 heteroatoms. The van der Waals surface area contributed by atoms with Gasteiger partial charge in [-0.1, -0.05) is 0 Å². The van der Waals surface area contributed by atoms with E-state index in [9.17, 15) is 0 Å². The van der Waals surface area contributed by atoms with Gasteiger partial charge in [0.2, 0.25) is 12.5 Å². The SMILES string of the molecule is COc1cc(CN2CCCC(CCN)C2)cc2c1OCO2. The molecule has 2 N–H and O–H groups in total. The van der Waals surface area contributed by atoms with E-state index in [1.54, 1.807) is 7.11 Å². The largest absolute Gasteiger partial charge is 0.493 e. The maximum Gasteiger partial charge on any atom is 0.231 e. The summed E-state index contributed by atoms with van der Waals surface area (Å²) in [5, 5.41) is 0. The molecule has 0 spiro atoms. The van der Waals surface area contributed by atoms with E-state index in [4.69, 9.17) is 19.9 Å². The highest BCUT2D eigenvalue weighted by molar-refractivity contribution is 5.55. The first-order chi connectivity index (χ1) is 10.3. The minimum absolute atomic E-state index is 0.275. The van der Waals surface area contributed by atoms with Crippen LogP contribution in [0.4, 0.5) is 0 Å². The maximum atomic E-state index is 5.69. The molecule has 0 aromatic heterocycles. The van der Waals surface area contributed by atoms with Crippen LogP contribution in [0.15, 0.2) is 12.1 Å². The van der Waals surface area contributed by atoms with Crippen LogP contribution in [-0.4, -0.2) is 38.4 Å². The third-order valence-electron chi connectivity index (χ3n) is 4.30. The van der Waals surface area contributed by atoms with Gasteiger partial charge < -0.3 is 19.9 Å². The quantitative estimate of drug-likeness (QED) is 0.899. The van der Waals surface area contributed by atoms with Crippen LogP contribution < -0.4 is 19.9 Å². The number of hydrogen-bond donors (Lipinski definition) is 1. The predicted molar refractivity (Wildman–Crippen MR) is 80.8 cm³/mol. The zero-order chi connectivity index (χ0) is 14.7. The van der Waals surface area contributed by atoms with E-state index in [1.165, 1.54) is 18.4 Å². The number of likely N-dealkylation sites (tertiary alicyclic amines) is 1. The molecule has 0 bridgehead atoms. The molecule has 1 saturated heterocycles. The summed E-state index contributed by atoms with van der Waals surface area (Å²) in [7, 11) is 1.67. The average Bonchev–Trinajstić information content (AvgIpc) is 2.95. The first-order valence-electron chi connectivity index (χ1n) is 7.69.